The van der Waals surface area contributed by atoms with Crippen molar-refractivity contribution >= 4 is 10.8 Å². The van der Waals surface area contributed by atoms with Crippen LogP contribution < -0.4 is 9.47 Å². The van der Waals surface area contributed by atoms with E-state index in [0.29, 0.717) is 0 Å². The Morgan fingerprint density at radius 2 is 1.22 bits per heavy atom. The van der Waals surface area contributed by atoms with Crippen molar-refractivity contribution in [1.82, 2.24) is 0 Å². The van der Waals surface area contributed by atoms with Crippen LogP contribution in [0, 0.1) is 24.7 Å². The lowest BCUT2D eigenvalue weighted by Crippen LogP contribution is -1.97. The van der Waals surface area contributed by atoms with Crippen LogP contribution in [-0.4, -0.2) is 13.2 Å². The maximum absolute atomic E-state index is 5.50. The fourth-order valence-corrected chi connectivity index (χ4v) is 1.73. The average Bonchev–Trinajstić information content (AvgIpc) is 2.43. The minimum Gasteiger partial charge on any atom is -0.480 e. The third kappa shape index (κ3) is 2.39. The molecule has 0 heterocycles. The quantitative estimate of drug-likeness (QED) is 0.760. The molecule has 0 bridgehead atoms. The van der Waals surface area contributed by atoms with Gasteiger partial charge in [0.1, 0.15) is 24.7 Å². The molecule has 0 spiro atoms. The molecule has 0 atom stereocenters. The first-order chi connectivity index (χ1) is 8.86. The van der Waals surface area contributed by atoms with E-state index in [4.69, 9.17) is 22.3 Å². The van der Waals surface area contributed by atoms with Crippen molar-refractivity contribution in [2.75, 3.05) is 13.2 Å². The summed E-state index contributed by atoms with van der Waals surface area (Å²) in [7, 11) is 0. The van der Waals surface area contributed by atoms with Crippen LogP contribution in [0.1, 0.15) is 0 Å². The van der Waals surface area contributed by atoms with E-state index in [1.165, 1.54) is 0 Å². The third-order valence-electron chi connectivity index (χ3n) is 2.47. The fourth-order valence-electron chi connectivity index (χ4n) is 1.73. The number of hydrogen-bond donors (Lipinski definition) is 0. The second-order valence-corrected chi connectivity index (χ2v) is 3.59. The molecule has 18 heavy (non-hydrogen) atoms. The van der Waals surface area contributed by atoms with E-state index in [-0.39, 0.29) is 13.2 Å². The van der Waals surface area contributed by atoms with Crippen molar-refractivity contribution in [3.05, 3.63) is 36.4 Å². The van der Waals surface area contributed by atoms with Gasteiger partial charge < -0.3 is 9.47 Å². The van der Waals surface area contributed by atoms with Crippen LogP contribution in [0.2, 0.25) is 0 Å². The van der Waals surface area contributed by atoms with Gasteiger partial charge in [0, 0.05) is 10.8 Å². The van der Waals surface area contributed by atoms with Gasteiger partial charge >= 0.3 is 0 Å². The Bertz CT molecular complexity index is 573. The molecule has 0 unspecified atom stereocenters. The zero-order valence-corrected chi connectivity index (χ0v) is 9.85. The molecule has 88 valence electrons. The maximum Gasteiger partial charge on any atom is 0.148 e. The Hall–Kier alpha value is -2.58. The van der Waals surface area contributed by atoms with E-state index in [1.54, 1.807) is 0 Å². The first kappa shape index (κ1) is 11.9. The molecule has 2 heteroatoms. The van der Waals surface area contributed by atoms with Gasteiger partial charge in [-0.25, -0.2) is 0 Å². The Morgan fingerprint density at radius 3 is 1.61 bits per heavy atom. The molecule has 2 aromatic rings. The van der Waals surface area contributed by atoms with Gasteiger partial charge in [-0.3, -0.25) is 0 Å². The predicted octanol–water partition coefficient (Wildman–Crippen LogP) is 2.86. The van der Waals surface area contributed by atoms with E-state index < -0.39 is 0 Å². The van der Waals surface area contributed by atoms with Crippen LogP contribution in [0.3, 0.4) is 0 Å². The average molecular weight is 236 g/mol. The summed E-state index contributed by atoms with van der Waals surface area (Å²) < 4.78 is 11.0. The van der Waals surface area contributed by atoms with E-state index in [1.807, 2.05) is 36.4 Å². The fraction of sp³-hybridized carbons (Fsp3) is 0.125. The highest BCUT2D eigenvalue weighted by atomic mass is 16.5. The molecule has 0 aliphatic carbocycles. The van der Waals surface area contributed by atoms with Crippen LogP contribution >= 0.6 is 0 Å². The Morgan fingerprint density at radius 1 is 0.778 bits per heavy atom. The molecule has 2 nitrogen and oxygen atoms in total. The van der Waals surface area contributed by atoms with Gasteiger partial charge in [-0.15, -0.1) is 12.8 Å². The molecule has 2 rings (SSSR count). The highest BCUT2D eigenvalue weighted by Gasteiger charge is 2.06. The summed E-state index contributed by atoms with van der Waals surface area (Å²) in [6.07, 6.45) is 10.4. The van der Waals surface area contributed by atoms with Gasteiger partial charge in [0.05, 0.1) is 0 Å². The second kappa shape index (κ2) is 5.66. The van der Waals surface area contributed by atoms with Crippen LogP contribution in [0.4, 0.5) is 0 Å². The molecule has 0 saturated carbocycles. The van der Waals surface area contributed by atoms with Crippen LogP contribution in [0.15, 0.2) is 36.4 Å². The minimum absolute atomic E-state index is 0.245. The number of fused-ring (bicyclic) bond motifs is 1. The zero-order chi connectivity index (χ0) is 12.8. The smallest absolute Gasteiger partial charge is 0.148 e. The van der Waals surface area contributed by atoms with Crippen molar-refractivity contribution < 1.29 is 9.47 Å². The molecule has 0 aliphatic rings. The minimum atomic E-state index is 0.245. The number of terminal acetylenes is 2. The lowest BCUT2D eigenvalue weighted by molar-refractivity contribution is 0.366. The van der Waals surface area contributed by atoms with E-state index in [9.17, 15) is 0 Å². The molecule has 0 saturated heterocycles. The molecular weight excluding hydrogens is 224 g/mol. The predicted molar refractivity (Wildman–Crippen MR) is 72.6 cm³/mol. The van der Waals surface area contributed by atoms with Crippen molar-refractivity contribution in [2.24, 2.45) is 0 Å². The SMILES string of the molecule is C#CCOc1ccc(OCC#C)c2ccccc12. The first-order valence-electron chi connectivity index (χ1n) is 5.51. The van der Waals surface area contributed by atoms with Crippen molar-refractivity contribution in [2.45, 2.75) is 0 Å². The number of ether oxygens (including phenoxy) is 2. The molecule has 0 radical (unpaired) electrons. The van der Waals surface area contributed by atoms with Gasteiger partial charge in [-0.1, -0.05) is 36.1 Å². The molecular formula is C16H12O2. The second-order valence-electron chi connectivity index (χ2n) is 3.59. The van der Waals surface area contributed by atoms with Gasteiger partial charge in [0.15, 0.2) is 0 Å². The van der Waals surface area contributed by atoms with Crippen LogP contribution in [0.5, 0.6) is 11.5 Å². The Labute approximate surface area is 107 Å². The zero-order valence-electron chi connectivity index (χ0n) is 9.85. The Balaban J connectivity index is 2.46. The Kier molecular flexibility index (Phi) is 3.74. The van der Waals surface area contributed by atoms with Crippen molar-refractivity contribution in [1.29, 1.82) is 0 Å². The van der Waals surface area contributed by atoms with Gasteiger partial charge in [-0.2, -0.15) is 0 Å². The lowest BCUT2D eigenvalue weighted by Gasteiger charge is -2.11. The highest BCUT2D eigenvalue weighted by molar-refractivity contribution is 5.93. The van der Waals surface area contributed by atoms with E-state index in [0.717, 1.165) is 22.3 Å². The largest absolute Gasteiger partial charge is 0.480 e. The molecule has 2 aromatic carbocycles. The maximum atomic E-state index is 5.50. The summed E-state index contributed by atoms with van der Waals surface area (Å²) in [5.74, 6) is 6.39. The molecule has 0 amide bonds. The van der Waals surface area contributed by atoms with E-state index in [2.05, 4.69) is 11.8 Å². The molecule has 0 aliphatic heterocycles. The summed E-state index contributed by atoms with van der Waals surface area (Å²) in [5.41, 5.74) is 0. The summed E-state index contributed by atoms with van der Waals surface area (Å²) in [4.78, 5) is 0. The normalized spacial score (nSPS) is 9.44. The summed E-state index contributed by atoms with van der Waals surface area (Å²) in [5, 5.41) is 1.92. The van der Waals surface area contributed by atoms with Gasteiger partial charge in [-0.05, 0) is 12.1 Å². The topological polar surface area (TPSA) is 18.5 Å². The first-order valence-corrected chi connectivity index (χ1v) is 5.51. The monoisotopic (exact) mass is 236 g/mol. The summed E-state index contributed by atoms with van der Waals surface area (Å²) >= 11 is 0. The van der Waals surface area contributed by atoms with Gasteiger partial charge in [0.25, 0.3) is 0 Å². The molecule has 0 N–H and O–H groups in total. The molecule has 0 aromatic heterocycles. The number of benzene rings is 2. The molecule has 0 fully saturated rings. The lowest BCUT2D eigenvalue weighted by atomic mass is 10.1. The van der Waals surface area contributed by atoms with E-state index >= 15 is 0 Å². The van der Waals surface area contributed by atoms with Crippen LogP contribution in [-0.2, 0) is 0 Å². The third-order valence-corrected chi connectivity index (χ3v) is 2.47. The number of hydrogen-bond acceptors (Lipinski definition) is 2. The van der Waals surface area contributed by atoms with Gasteiger partial charge in [0.2, 0.25) is 0 Å². The van der Waals surface area contributed by atoms with Crippen LogP contribution in [0.25, 0.3) is 10.8 Å². The van der Waals surface area contributed by atoms with Crippen molar-refractivity contribution in [3.8, 4) is 36.2 Å². The summed E-state index contributed by atoms with van der Waals surface area (Å²) in [6, 6.07) is 11.5. The number of rotatable bonds is 4. The standard InChI is InChI=1S/C16H12O2/c1-3-11-17-15-9-10-16(18-12-4-2)14-8-6-5-7-13(14)15/h1-2,5-10H,11-12H2. The highest BCUT2D eigenvalue weighted by Crippen LogP contribution is 2.32. The summed E-state index contributed by atoms with van der Waals surface area (Å²) in [6.45, 7) is 0.489. The van der Waals surface area contributed by atoms with Crippen molar-refractivity contribution in [3.63, 3.8) is 0 Å².